The number of ether oxygens (including phenoxy) is 1. The van der Waals surface area contributed by atoms with Crippen LogP contribution >= 0.6 is 0 Å². The van der Waals surface area contributed by atoms with Crippen LogP contribution in [0.15, 0.2) is 18.2 Å². The second kappa shape index (κ2) is 6.59. The lowest BCUT2D eigenvalue weighted by Gasteiger charge is -2.27. The van der Waals surface area contributed by atoms with E-state index in [0.29, 0.717) is 6.61 Å². The Balaban J connectivity index is 1.52. The van der Waals surface area contributed by atoms with Gasteiger partial charge in [-0.1, -0.05) is 6.07 Å². The lowest BCUT2D eigenvalue weighted by atomic mass is 9.96. The molecular formula is C19H29NO2. The fourth-order valence-corrected chi connectivity index (χ4v) is 3.25. The normalized spacial score (nSPS) is 26.7. The molecule has 0 spiro atoms. The minimum absolute atomic E-state index is 0.409. The molecule has 0 amide bonds. The van der Waals surface area contributed by atoms with Gasteiger partial charge < -0.3 is 14.7 Å². The maximum atomic E-state index is 10.9. The molecule has 1 aliphatic heterocycles. The highest BCUT2D eigenvalue weighted by molar-refractivity contribution is 5.33. The van der Waals surface area contributed by atoms with Gasteiger partial charge in [0.1, 0.15) is 12.4 Å². The predicted molar refractivity (Wildman–Crippen MR) is 89.4 cm³/mol. The SMILES string of the molecule is Cc1ccc(OCC2(O)CCCN(CC3CC3)CC2)cc1C. The molecule has 1 saturated heterocycles. The fourth-order valence-electron chi connectivity index (χ4n) is 3.25. The summed E-state index contributed by atoms with van der Waals surface area (Å²) in [6.07, 6.45) is 5.54. The van der Waals surface area contributed by atoms with Crippen LogP contribution in [0.1, 0.15) is 43.2 Å². The van der Waals surface area contributed by atoms with Gasteiger partial charge in [0.2, 0.25) is 0 Å². The van der Waals surface area contributed by atoms with Gasteiger partial charge in [-0.2, -0.15) is 0 Å². The van der Waals surface area contributed by atoms with Crippen LogP contribution in [-0.4, -0.2) is 41.8 Å². The van der Waals surface area contributed by atoms with Crippen molar-refractivity contribution in [3.05, 3.63) is 29.3 Å². The Bertz CT molecular complexity index is 512. The molecule has 1 aliphatic carbocycles. The van der Waals surface area contributed by atoms with E-state index in [1.54, 1.807) is 0 Å². The van der Waals surface area contributed by atoms with Gasteiger partial charge in [-0.05, 0) is 81.7 Å². The van der Waals surface area contributed by atoms with Crippen molar-refractivity contribution in [1.29, 1.82) is 0 Å². The molecule has 1 aromatic rings. The van der Waals surface area contributed by atoms with Crippen LogP contribution in [0.4, 0.5) is 0 Å². The Morgan fingerprint density at radius 2 is 2.00 bits per heavy atom. The van der Waals surface area contributed by atoms with Gasteiger partial charge in [-0.15, -0.1) is 0 Å². The number of hydrogen-bond acceptors (Lipinski definition) is 3. The van der Waals surface area contributed by atoms with Gasteiger partial charge >= 0.3 is 0 Å². The van der Waals surface area contributed by atoms with E-state index in [4.69, 9.17) is 4.74 Å². The zero-order valence-corrected chi connectivity index (χ0v) is 14.0. The first-order valence-electron chi connectivity index (χ1n) is 8.69. The highest BCUT2D eigenvalue weighted by atomic mass is 16.5. The third-order valence-electron chi connectivity index (χ3n) is 5.21. The topological polar surface area (TPSA) is 32.7 Å². The van der Waals surface area contributed by atoms with E-state index >= 15 is 0 Å². The van der Waals surface area contributed by atoms with E-state index in [-0.39, 0.29) is 0 Å². The van der Waals surface area contributed by atoms with Crippen LogP contribution in [0.3, 0.4) is 0 Å². The van der Waals surface area contributed by atoms with Gasteiger partial charge in [0.25, 0.3) is 0 Å². The third kappa shape index (κ3) is 4.23. The number of likely N-dealkylation sites (tertiary alicyclic amines) is 1. The molecule has 1 unspecified atom stereocenters. The van der Waals surface area contributed by atoms with E-state index in [1.807, 2.05) is 6.07 Å². The van der Waals surface area contributed by atoms with Crippen molar-refractivity contribution in [1.82, 2.24) is 4.90 Å². The molecule has 0 bridgehead atoms. The van der Waals surface area contributed by atoms with Crippen LogP contribution < -0.4 is 4.74 Å². The molecule has 1 heterocycles. The van der Waals surface area contributed by atoms with E-state index in [9.17, 15) is 5.11 Å². The van der Waals surface area contributed by atoms with Crippen molar-refractivity contribution in [2.24, 2.45) is 5.92 Å². The largest absolute Gasteiger partial charge is 0.491 e. The van der Waals surface area contributed by atoms with E-state index in [2.05, 4.69) is 30.9 Å². The van der Waals surface area contributed by atoms with Gasteiger partial charge in [0.15, 0.2) is 0 Å². The average Bonchev–Trinajstić information content (AvgIpc) is 3.31. The summed E-state index contributed by atoms with van der Waals surface area (Å²) in [7, 11) is 0. The van der Waals surface area contributed by atoms with Crippen molar-refractivity contribution >= 4 is 0 Å². The quantitative estimate of drug-likeness (QED) is 0.906. The number of benzene rings is 1. The molecule has 2 aliphatic rings. The second-order valence-electron chi connectivity index (χ2n) is 7.36. The molecule has 3 nitrogen and oxygen atoms in total. The first kappa shape index (κ1) is 15.8. The Hall–Kier alpha value is -1.06. The van der Waals surface area contributed by atoms with Crippen molar-refractivity contribution in [2.45, 2.75) is 51.6 Å². The van der Waals surface area contributed by atoms with Crippen molar-refractivity contribution in [3.63, 3.8) is 0 Å². The molecule has 1 atom stereocenters. The Morgan fingerprint density at radius 3 is 2.73 bits per heavy atom. The van der Waals surface area contributed by atoms with Gasteiger partial charge in [-0.25, -0.2) is 0 Å². The van der Waals surface area contributed by atoms with Gasteiger partial charge in [-0.3, -0.25) is 0 Å². The first-order valence-corrected chi connectivity index (χ1v) is 8.69. The van der Waals surface area contributed by atoms with E-state index < -0.39 is 5.60 Å². The monoisotopic (exact) mass is 303 g/mol. The summed E-state index contributed by atoms with van der Waals surface area (Å²) in [6.45, 7) is 7.97. The maximum Gasteiger partial charge on any atom is 0.119 e. The van der Waals surface area contributed by atoms with E-state index in [1.165, 1.54) is 30.5 Å². The summed E-state index contributed by atoms with van der Waals surface area (Å²) in [5, 5.41) is 10.9. The summed E-state index contributed by atoms with van der Waals surface area (Å²) in [4.78, 5) is 2.53. The molecule has 1 N–H and O–H groups in total. The molecule has 0 radical (unpaired) electrons. The Labute approximate surface area is 134 Å². The highest BCUT2D eigenvalue weighted by Crippen LogP contribution is 2.31. The van der Waals surface area contributed by atoms with Crippen LogP contribution in [0, 0.1) is 19.8 Å². The lowest BCUT2D eigenvalue weighted by Crippen LogP contribution is -2.37. The number of rotatable bonds is 5. The Morgan fingerprint density at radius 1 is 1.18 bits per heavy atom. The summed E-state index contributed by atoms with van der Waals surface area (Å²) < 4.78 is 5.90. The molecule has 3 heteroatoms. The van der Waals surface area contributed by atoms with Crippen molar-refractivity contribution in [3.8, 4) is 5.75 Å². The highest BCUT2D eigenvalue weighted by Gasteiger charge is 2.33. The van der Waals surface area contributed by atoms with Crippen molar-refractivity contribution in [2.75, 3.05) is 26.2 Å². The average molecular weight is 303 g/mol. The molecular weight excluding hydrogens is 274 g/mol. The number of aryl methyl sites for hydroxylation is 2. The zero-order chi connectivity index (χ0) is 15.6. The smallest absolute Gasteiger partial charge is 0.119 e. The minimum atomic E-state index is -0.670. The second-order valence-corrected chi connectivity index (χ2v) is 7.36. The van der Waals surface area contributed by atoms with Crippen LogP contribution in [0.5, 0.6) is 5.75 Å². The molecule has 0 aromatic heterocycles. The first-order chi connectivity index (χ1) is 10.5. The lowest BCUT2D eigenvalue weighted by molar-refractivity contribution is -0.0167. The molecule has 2 fully saturated rings. The number of aliphatic hydroxyl groups is 1. The summed E-state index contributed by atoms with van der Waals surface area (Å²) in [5.74, 6) is 1.80. The molecule has 22 heavy (non-hydrogen) atoms. The van der Waals surface area contributed by atoms with Crippen LogP contribution in [0.2, 0.25) is 0 Å². The van der Waals surface area contributed by atoms with Gasteiger partial charge in [0, 0.05) is 13.1 Å². The summed E-state index contributed by atoms with van der Waals surface area (Å²) in [6, 6.07) is 6.15. The van der Waals surface area contributed by atoms with Crippen LogP contribution in [0.25, 0.3) is 0 Å². The van der Waals surface area contributed by atoms with Gasteiger partial charge in [0.05, 0.1) is 5.60 Å². The molecule has 3 rings (SSSR count). The molecule has 1 saturated carbocycles. The predicted octanol–water partition coefficient (Wildman–Crippen LogP) is 3.31. The molecule has 122 valence electrons. The maximum absolute atomic E-state index is 10.9. The summed E-state index contributed by atoms with van der Waals surface area (Å²) >= 11 is 0. The summed E-state index contributed by atoms with van der Waals surface area (Å²) in [5.41, 5.74) is 1.84. The standard InChI is InChI=1S/C19H29NO2/c1-15-4-7-18(12-16(15)2)22-14-19(21)8-3-10-20(11-9-19)13-17-5-6-17/h4,7,12,17,21H,3,5-6,8-11,13-14H2,1-2H3. The third-order valence-corrected chi connectivity index (χ3v) is 5.21. The minimum Gasteiger partial charge on any atom is -0.491 e. The fraction of sp³-hybridized carbons (Fsp3) is 0.684. The number of hydrogen-bond donors (Lipinski definition) is 1. The van der Waals surface area contributed by atoms with Crippen molar-refractivity contribution < 1.29 is 9.84 Å². The van der Waals surface area contributed by atoms with E-state index in [0.717, 1.165) is 44.0 Å². The van der Waals surface area contributed by atoms with Crippen LogP contribution in [-0.2, 0) is 0 Å². The number of nitrogens with zero attached hydrogens (tertiary/aromatic N) is 1. The Kier molecular flexibility index (Phi) is 4.74. The zero-order valence-electron chi connectivity index (χ0n) is 14.0. The molecule has 1 aromatic carbocycles.